The molecule has 4 aromatic carbocycles. The molecule has 0 bridgehead atoms. The minimum absolute atomic E-state index is 0.00411. The number of hydrogen-bond donors (Lipinski definition) is 5. The zero-order valence-electron chi connectivity index (χ0n) is 24.8. The molecular weight excluding hydrogens is 570 g/mol. The van der Waals surface area contributed by atoms with Crippen LogP contribution in [-0.4, -0.2) is 46.9 Å². The summed E-state index contributed by atoms with van der Waals surface area (Å²) in [5.41, 5.74) is 7.05. The van der Waals surface area contributed by atoms with Gasteiger partial charge < -0.3 is 31.4 Å². The lowest BCUT2D eigenvalue weighted by Gasteiger charge is -2.31. The normalized spacial score (nSPS) is 13.0. The molecule has 0 aliphatic heterocycles. The number of fused-ring (bicyclic) bond motifs is 2. The van der Waals surface area contributed by atoms with E-state index < -0.39 is 41.9 Å². The molecule has 1 aromatic heterocycles. The number of para-hydroxylation sites is 1. The number of H-pyrrole nitrogens is 1. The minimum atomic E-state index is -1.49. The van der Waals surface area contributed by atoms with E-state index in [1.807, 2.05) is 97.1 Å². The number of carbonyl (C=O) groups is 4. The van der Waals surface area contributed by atoms with Gasteiger partial charge in [-0.05, 0) is 40.5 Å². The Morgan fingerprint density at radius 1 is 0.844 bits per heavy atom. The largest absolute Gasteiger partial charge is 0.445 e. The van der Waals surface area contributed by atoms with Gasteiger partial charge in [-0.2, -0.15) is 0 Å². The molecule has 0 saturated heterocycles. The van der Waals surface area contributed by atoms with Gasteiger partial charge in [0.1, 0.15) is 18.2 Å². The third-order valence-corrected chi connectivity index (χ3v) is 7.67. The van der Waals surface area contributed by atoms with E-state index in [0.29, 0.717) is 0 Å². The maximum absolute atomic E-state index is 14.0. The van der Waals surface area contributed by atoms with E-state index in [2.05, 4.69) is 20.9 Å². The van der Waals surface area contributed by atoms with Gasteiger partial charge in [-0.1, -0.05) is 91.0 Å². The molecule has 4 amide bonds. The molecule has 0 aliphatic carbocycles. The van der Waals surface area contributed by atoms with E-state index in [-0.39, 0.29) is 19.4 Å². The third-order valence-electron chi connectivity index (χ3n) is 7.67. The predicted octanol–water partition coefficient (Wildman–Crippen LogP) is 3.88. The smallest absolute Gasteiger partial charge is 0.408 e. The maximum Gasteiger partial charge on any atom is 0.408 e. The summed E-state index contributed by atoms with van der Waals surface area (Å²) in [5.74, 6) is -1.91. The Bertz CT molecular complexity index is 1830. The van der Waals surface area contributed by atoms with Crippen LogP contribution in [0.2, 0.25) is 0 Å². The lowest BCUT2D eigenvalue weighted by molar-refractivity contribution is -0.134. The number of primary amides is 1. The van der Waals surface area contributed by atoms with Gasteiger partial charge in [0.15, 0.2) is 0 Å². The predicted molar refractivity (Wildman–Crippen MR) is 172 cm³/mol. The first-order valence-electron chi connectivity index (χ1n) is 14.6. The second-order valence-electron chi connectivity index (χ2n) is 11.1. The van der Waals surface area contributed by atoms with Crippen molar-refractivity contribution in [3.8, 4) is 0 Å². The SMILES string of the molecule is CC(Cc1ccccc1)(NC(=O)C(Cc1c[nH]c2ccccc12)NC(=O)OCc1cccc2ccccc12)C(=O)NCC(N)=O. The fourth-order valence-corrected chi connectivity index (χ4v) is 5.38. The number of alkyl carbamates (subject to hydrolysis) is 1. The number of benzene rings is 4. The first-order chi connectivity index (χ1) is 21.7. The van der Waals surface area contributed by atoms with Gasteiger partial charge in [0.2, 0.25) is 17.7 Å². The van der Waals surface area contributed by atoms with Crippen molar-refractivity contribution in [3.63, 3.8) is 0 Å². The number of carbonyl (C=O) groups excluding carboxylic acids is 4. The summed E-state index contributed by atoms with van der Waals surface area (Å²) >= 11 is 0. The first kappa shape index (κ1) is 30.8. The van der Waals surface area contributed by atoms with Crippen molar-refractivity contribution in [2.45, 2.75) is 38.0 Å². The molecule has 5 aromatic rings. The first-order valence-corrected chi connectivity index (χ1v) is 14.6. The molecule has 0 fully saturated rings. The highest BCUT2D eigenvalue weighted by molar-refractivity contribution is 5.96. The van der Waals surface area contributed by atoms with Crippen molar-refractivity contribution in [3.05, 3.63) is 120 Å². The van der Waals surface area contributed by atoms with Crippen LogP contribution in [-0.2, 0) is 38.6 Å². The molecule has 10 heteroatoms. The maximum atomic E-state index is 14.0. The van der Waals surface area contributed by atoms with E-state index in [9.17, 15) is 19.2 Å². The van der Waals surface area contributed by atoms with Crippen LogP contribution in [0, 0.1) is 0 Å². The number of nitrogens with two attached hydrogens (primary N) is 1. The molecule has 0 aliphatic rings. The molecule has 45 heavy (non-hydrogen) atoms. The summed E-state index contributed by atoms with van der Waals surface area (Å²) in [5, 5.41) is 10.9. The highest BCUT2D eigenvalue weighted by Crippen LogP contribution is 2.22. The second kappa shape index (κ2) is 13.8. The second-order valence-corrected chi connectivity index (χ2v) is 11.1. The highest BCUT2D eigenvalue weighted by atomic mass is 16.5. The number of aromatic nitrogens is 1. The summed E-state index contributed by atoms with van der Waals surface area (Å²) in [6.07, 6.45) is 1.24. The van der Waals surface area contributed by atoms with Crippen LogP contribution in [0.15, 0.2) is 103 Å². The van der Waals surface area contributed by atoms with Gasteiger partial charge in [-0.15, -0.1) is 0 Å². The minimum Gasteiger partial charge on any atom is -0.445 e. The molecule has 230 valence electrons. The van der Waals surface area contributed by atoms with Gasteiger partial charge in [-0.3, -0.25) is 14.4 Å². The Labute approximate surface area is 260 Å². The summed E-state index contributed by atoms with van der Waals surface area (Å²) < 4.78 is 5.59. The molecule has 0 spiro atoms. The molecule has 1 heterocycles. The molecule has 2 atom stereocenters. The summed E-state index contributed by atoms with van der Waals surface area (Å²) in [6, 6.07) is 29.2. The topological polar surface area (TPSA) is 155 Å². The van der Waals surface area contributed by atoms with E-state index in [4.69, 9.17) is 10.5 Å². The third kappa shape index (κ3) is 7.66. The molecule has 6 N–H and O–H groups in total. The van der Waals surface area contributed by atoms with Gasteiger partial charge in [0.05, 0.1) is 6.54 Å². The zero-order chi connectivity index (χ0) is 31.8. The number of amides is 4. The van der Waals surface area contributed by atoms with E-state index in [0.717, 1.165) is 38.4 Å². The monoisotopic (exact) mass is 605 g/mol. The lowest BCUT2D eigenvalue weighted by Crippen LogP contribution is -2.62. The van der Waals surface area contributed by atoms with E-state index in [1.165, 1.54) is 0 Å². The van der Waals surface area contributed by atoms with Crippen LogP contribution in [0.3, 0.4) is 0 Å². The van der Waals surface area contributed by atoms with Crippen molar-refractivity contribution in [2.24, 2.45) is 5.73 Å². The molecule has 10 nitrogen and oxygen atoms in total. The quantitative estimate of drug-likeness (QED) is 0.146. The Balaban J connectivity index is 1.38. The zero-order valence-corrected chi connectivity index (χ0v) is 24.8. The van der Waals surface area contributed by atoms with Gasteiger partial charge in [-0.25, -0.2) is 4.79 Å². The molecule has 0 radical (unpaired) electrons. The molecule has 2 unspecified atom stereocenters. The van der Waals surface area contributed by atoms with Crippen LogP contribution >= 0.6 is 0 Å². The summed E-state index contributed by atoms with van der Waals surface area (Å²) in [4.78, 5) is 55.1. The van der Waals surface area contributed by atoms with Crippen molar-refractivity contribution in [1.29, 1.82) is 0 Å². The Hall–Kier alpha value is -5.64. The Morgan fingerprint density at radius 3 is 2.31 bits per heavy atom. The molecule has 5 rings (SSSR count). The van der Waals surface area contributed by atoms with Crippen molar-refractivity contribution in [2.75, 3.05) is 6.54 Å². The average Bonchev–Trinajstić information content (AvgIpc) is 3.45. The summed E-state index contributed by atoms with van der Waals surface area (Å²) in [6.45, 7) is 1.17. The number of nitrogens with one attached hydrogen (secondary N) is 4. The van der Waals surface area contributed by atoms with Crippen LogP contribution in [0.4, 0.5) is 4.79 Å². The number of rotatable bonds is 12. The highest BCUT2D eigenvalue weighted by Gasteiger charge is 2.37. The van der Waals surface area contributed by atoms with Gasteiger partial charge >= 0.3 is 6.09 Å². The van der Waals surface area contributed by atoms with Crippen molar-refractivity contribution >= 4 is 45.5 Å². The van der Waals surface area contributed by atoms with Gasteiger partial charge in [0, 0.05) is 29.9 Å². The fraction of sp³-hybridized carbons (Fsp3) is 0.200. The number of hydrogen-bond acceptors (Lipinski definition) is 5. The van der Waals surface area contributed by atoms with Crippen molar-refractivity contribution in [1.82, 2.24) is 20.9 Å². The Morgan fingerprint density at radius 2 is 1.53 bits per heavy atom. The lowest BCUT2D eigenvalue weighted by atomic mass is 9.90. The molecular formula is C35H35N5O5. The van der Waals surface area contributed by atoms with Crippen molar-refractivity contribution < 1.29 is 23.9 Å². The average molecular weight is 606 g/mol. The molecule has 0 saturated carbocycles. The number of ether oxygens (including phenoxy) is 1. The fourth-order valence-electron chi connectivity index (χ4n) is 5.38. The van der Waals surface area contributed by atoms with E-state index >= 15 is 0 Å². The van der Waals surface area contributed by atoms with Crippen LogP contribution in [0.5, 0.6) is 0 Å². The van der Waals surface area contributed by atoms with Crippen LogP contribution in [0.1, 0.15) is 23.6 Å². The number of aromatic amines is 1. The summed E-state index contributed by atoms with van der Waals surface area (Å²) in [7, 11) is 0. The standard InChI is InChI=1S/C35H35N5O5/c1-35(33(43)38-21-31(36)41,19-23-10-3-2-4-11-23)40-32(42)30(18-26-20-37-29-17-8-7-16-28(26)29)39-34(44)45-22-25-14-9-13-24-12-5-6-15-27(24)25/h2-17,20,30,37H,18-19,21-22H2,1H3,(H2,36,41)(H,38,43)(H,39,44)(H,40,42). The van der Waals surface area contributed by atoms with Gasteiger partial charge in [0.25, 0.3) is 0 Å². The van der Waals surface area contributed by atoms with Crippen LogP contribution in [0.25, 0.3) is 21.7 Å². The Kier molecular flexibility index (Phi) is 9.43. The van der Waals surface area contributed by atoms with Crippen LogP contribution < -0.4 is 21.7 Å². The van der Waals surface area contributed by atoms with E-state index in [1.54, 1.807) is 13.1 Å².